The Kier molecular flexibility index (Phi) is 5.00. The first-order valence-electron chi connectivity index (χ1n) is 8.39. The van der Waals surface area contributed by atoms with Crippen molar-refractivity contribution in [2.75, 3.05) is 0 Å². The van der Waals surface area contributed by atoms with Crippen LogP contribution in [0.5, 0.6) is 0 Å². The molecule has 0 aliphatic heterocycles. The van der Waals surface area contributed by atoms with Crippen LogP contribution in [0.1, 0.15) is 60.9 Å². The zero-order valence-electron chi connectivity index (χ0n) is 12.9. The van der Waals surface area contributed by atoms with E-state index in [9.17, 15) is 0 Å². The predicted octanol–water partition coefficient (Wildman–Crippen LogP) is 6.94. The summed E-state index contributed by atoms with van der Waals surface area (Å²) in [5.41, 5.74) is 2.87. The Hall–Kier alpha value is -0.820. The van der Waals surface area contributed by atoms with Gasteiger partial charge in [0.15, 0.2) is 0 Å². The monoisotopic (exact) mass is 344 g/mol. The highest BCUT2D eigenvalue weighted by Crippen LogP contribution is 2.41. The number of halogens is 1. The van der Waals surface area contributed by atoms with Gasteiger partial charge in [-0.1, -0.05) is 84.4 Å². The molecule has 1 aliphatic rings. The summed E-state index contributed by atoms with van der Waals surface area (Å²) < 4.78 is 0. The van der Waals surface area contributed by atoms with E-state index in [2.05, 4.69) is 59.3 Å². The maximum Gasteiger partial charge on any atom is 0.0429 e. The maximum atomic E-state index is 4.05. The van der Waals surface area contributed by atoms with Crippen molar-refractivity contribution in [2.45, 2.75) is 56.7 Å². The SMILES string of the molecule is Cc1ccc(C(Br)C2CCCCCCC2)c2ccccc12. The van der Waals surface area contributed by atoms with Gasteiger partial charge in [-0.25, -0.2) is 0 Å². The fraction of sp³-hybridized carbons (Fsp3) is 0.500. The van der Waals surface area contributed by atoms with Gasteiger partial charge >= 0.3 is 0 Å². The lowest BCUT2D eigenvalue weighted by molar-refractivity contribution is 0.375. The first-order chi connectivity index (χ1) is 10.3. The number of aryl methyl sites for hydroxylation is 1. The fourth-order valence-electron chi connectivity index (χ4n) is 3.75. The molecule has 1 unspecified atom stereocenters. The molecule has 0 N–H and O–H groups in total. The Morgan fingerprint density at radius 2 is 1.48 bits per heavy atom. The van der Waals surface area contributed by atoms with Crippen molar-refractivity contribution in [1.29, 1.82) is 0 Å². The molecule has 0 amide bonds. The van der Waals surface area contributed by atoms with Crippen LogP contribution in [0.4, 0.5) is 0 Å². The lowest BCUT2D eigenvalue weighted by atomic mass is 9.85. The molecule has 0 bridgehead atoms. The second kappa shape index (κ2) is 6.96. The molecular weight excluding hydrogens is 320 g/mol. The van der Waals surface area contributed by atoms with Crippen LogP contribution in [0.2, 0.25) is 0 Å². The van der Waals surface area contributed by atoms with Gasteiger partial charge in [0, 0.05) is 4.83 Å². The van der Waals surface area contributed by atoms with Crippen LogP contribution < -0.4 is 0 Å². The minimum absolute atomic E-state index is 0.501. The van der Waals surface area contributed by atoms with Gasteiger partial charge in [0.2, 0.25) is 0 Å². The number of fused-ring (bicyclic) bond motifs is 1. The first kappa shape index (κ1) is 15.1. The van der Waals surface area contributed by atoms with Crippen molar-refractivity contribution in [2.24, 2.45) is 5.92 Å². The molecular formula is C20H25Br. The third-order valence-electron chi connectivity index (χ3n) is 5.04. The van der Waals surface area contributed by atoms with Crippen molar-refractivity contribution in [1.82, 2.24) is 0 Å². The van der Waals surface area contributed by atoms with Crippen LogP contribution in [-0.2, 0) is 0 Å². The van der Waals surface area contributed by atoms with Gasteiger partial charge in [-0.3, -0.25) is 0 Å². The van der Waals surface area contributed by atoms with Gasteiger partial charge < -0.3 is 0 Å². The third kappa shape index (κ3) is 3.34. The van der Waals surface area contributed by atoms with Crippen LogP contribution >= 0.6 is 15.9 Å². The Balaban J connectivity index is 1.93. The van der Waals surface area contributed by atoms with E-state index >= 15 is 0 Å². The Bertz CT molecular complexity index is 594. The molecule has 2 aromatic carbocycles. The van der Waals surface area contributed by atoms with Crippen molar-refractivity contribution in [3.8, 4) is 0 Å². The van der Waals surface area contributed by atoms with Gasteiger partial charge in [-0.05, 0) is 47.6 Å². The first-order valence-corrected chi connectivity index (χ1v) is 9.31. The van der Waals surface area contributed by atoms with Crippen molar-refractivity contribution >= 4 is 26.7 Å². The second-order valence-electron chi connectivity index (χ2n) is 6.52. The topological polar surface area (TPSA) is 0 Å². The molecule has 0 nitrogen and oxygen atoms in total. The molecule has 1 heteroatoms. The van der Waals surface area contributed by atoms with E-state index in [1.165, 1.54) is 66.8 Å². The molecule has 1 atom stereocenters. The number of alkyl halides is 1. The molecule has 1 saturated carbocycles. The van der Waals surface area contributed by atoms with Gasteiger partial charge in [0.1, 0.15) is 0 Å². The van der Waals surface area contributed by atoms with Crippen LogP contribution in [0.3, 0.4) is 0 Å². The van der Waals surface area contributed by atoms with Crippen LogP contribution in [0.15, 0.2) is 36.4 Å². The highest BCUT2D eigenvalue weighted by atomic mass is 79.9. The Morgan fingerprint density at radius 3 is 2.19 bits per heavy atom. The summed E-state index contributed by atoms with van der Waals surface area (Å²) in [5, 5.41) is 2.84. The fourth-order valence-corrected chi connectivity index (χ4v) is 4.68. The normalized spacial score (nSPS) is 19.1. The lowest BCUT2D eigenvalue weighted by Gasteiger charge is -2.26. The zero-order chi connectivity index (χ0) is 14.7. The molecule has 1 fully saturated rings. The Morgan fingerprint density at radius 1 is 0.857 bits per heavy atom. The molecule has 0 heterocycles. The van der Waals surface area contributed by atoms with Gasteiger partial charge in [0.25, 0.3) is 0 Å². The number of benzene rings is 2. The summed E-state index contributed by atoms with van der Waals surface area (Å²) in [7, 11) is 0. The van der Waals surface area contributed by atoms with Crippen molar-refractivity contribution in [3.63, 3.8) is 0 Å². The van der Waals surface area contributed by atoms with E-state index in [-0.39, 0.29) is 0 Å². The van der Waals surface area contributed by atoms with Crippen LogP contribution in [0, 0.1) is 12.8 Å². The molecule has 0 spiro atoms. The number of rotatable bonds is 2. The third-order valence-corrected chi connectivity index (χ3v) is 6.28. The van der Waals surface area contributed by atoms with Gasteiger partial charge in [-0.2, -0.15) is 0 Å². The van der Waals surface area contributed by atoms with Crippen molar-refractivity contribution in [3.05, 3.63) is 47.5 Å². The summed E-state index contributed by atoms with van der Waals surface area (Å²) >= 11 is 4.05. The van der Waals surface area contributed by atoms with Gasteiger partial charge in [-0.15, -0.1) is 0 Å². The molecule has 2 aromatic rings. The summed E-state index contributed by atoms with van der Waals surface area (Å²) in [6, 6.07) is 13.5. The summed E-state index contributed by atoms with van der Waals surface area (Å²) in [6.45, 7) is 2.21. The molecule has 3 rings (SSSR count). The minimum atomic E-state index is 0.501. The van der Waals surface area contributed by atoms with Crippen molar-refractivity contribution < 1.29 is 0 Å². The van der Waals surface area contributed by atoms with Gasteiger partial charge in [0.05, 0.1) is 0 Å². The summed E-state index contributed by atoms with van der Waals surface area (Å²) in [6.07, 6.45) is 9.83. The molecule has 0 aromatic heterocycles. The average Bonchev–Trinajstić information content (AvgIpc) is 2.47. The highest BCUT2D eigenvalue weighted by Gasteiger charge is 2.22. The molecule has 1 aliphatic carbocycles. The highest BCUT2D eigenvalue weighted by molar-refractivity contribution is 9.09. The number of hydrogen-bond donors (Lipinski definition) is 0. The average molecular weight is 345 g/mol. The van der Waals surface area contributed by atoms with E-state index in [4.69, 9.17) is 0 Å². The minimum Gasteiger partial charge on any atom is -0.0836 e. The van der Waals surface area contributed by atoms with E-state index in [0.717, 1.165) is 5.92 Å². The summed E-state index contributed by atoms with van der Waals surface area (Å²) in [5.74, 6) is 0.788. The Labute approximate surface area is 137 Å². The standard InChI is InChI=1S/C20H25Br/c1-15-13-14-19(18-12-8-7-11-17(15)18)20(21)16-9-5-3-2-4-6-10-16/h7-8,11-14,16,20H,2-6,9-10H2,1H3. The van der Waals surface area contributed by atoms with E-state index in [0.29, 0.717) is 4.83 Å². The molecule has 0 radical (unpaired) electrons. The number of hydrogen-bond acceptors (Lipinski definition) is 0. The largest absolute Gasteiger partial charge is 0.0836 e. The lowest BCUT2D eigenvalue weighted by Crippen LogP contribution is -2.10. The van der Waals surface area contributed by atoms with E-state index in [1.54, 1.807) is 0 Å². The van der Waals surface area contributed by atoms with Crippen LogP contribution in [0.25, 0.3) is 10.8 Å². The van der Waals surface area contributed by atoms with E-state index < -0.39 is 0 Å². The quantitative estimate of drug-likeness (QED) is 0.517. The maximum absolute atomic E-state index is 4.05. The second-order valence-corrected chi connectivity index (χ2v) is 7.51. The predicted molar refractivity (Wildman–Crippen MR) is 96.2 cm³/mol. The molecule has 112 valence electrons. The van der Waals surface area contributed by atoms with Crippen LogP contribution in [-0.4, -0.2) is 0 Å². The zero-order valence-corrected chi connectivity index (χ0v) is 14.5. The van der Waals surface area contributed by atoms with E-state index in [1.807, 2.05) is 0 Å². The smallest absolute Gasteiger partial charge is 0.0429 e. The molecule has 0 saturated heterocycles. The molecule has 21 heavy (non-hydrogen) atoms. The summed E-state index contributed by atoms with van der Waals surface area (Å²) in [4.78, 5) is 0.501.